The van der Waals surface area contributed by atoms with Crippen LogP contribution in [0.15, 0.2) is 18.2 Å². The van der Waals surface area contributed by atoms with Crippen molar-refractivity contribution >= 4 is 11.9 Å². The Balaban J connectivity index is 1.93. The van der Waals surface area contributed by atoms with E-state index >= 15 is 0 Å². The van der Waals surface area contributed by atoms with E-state index in [1.807, 2.05) is 0 Å². The minimum atomic E-state index is -0.967. The normalized spacial score (nSPS) is 17.8. The molecule has 1 amide bonds. The maximum atomic E-state index is 13.4. The molecule has 7 heteroatoms. The first-order valence-corrected chi connectivity index (χ1v) is 6.56. The molecular formula is C14H15F2NO4. The van der Waals surface area contributed by atoms with Gasteiger partial charge in [0.1, 0.15) is 5.82 Å². The Labute approximate surface area is 120 Å². The van der Waals surface area contributed by atoms with E-state index in [2.05, 4.69) is 0 Å². The Morgan fingerprint density at radius 3 is 2.81 bits per heavy atom. The van der Waals surface area contributed by atoms with Crippen LogP contribution in [0.5, 0.6) is 5.75 Å². The maximum Gasteiger partial charge on any atom is 0.305 e. The van der Waals surface area contributed by atoms with E-state index in [1.165, 1.54) is 4.90 Å². The van der Waals surface area contributed by atoms with Gasteiger partial charge in [-0.1, -0.05) is 0 Å². The zero-order valence-electron chi connectivity index (χ0n) is 11.2. The van der Waals surface area contributed by atoms with Crippen LogP contribution in [0, 0.1) is 11.6 Å². The summed E-state index contributed by atoms with van der Waals surface area (Å²) in [6.45, 7) is 0.0602. The van der Waals surface area contributed by atoms with Gasteiger partial charge in [0, 0.05) is 18.7 Å². The topological polar surface area (TPSA) is 66.8 Å². The Morgan fingerprint density at radius 1 is 1.38 bits per heavy atom. The molecule has 114 valence electrons. The third kappa shape index (κ3) is 3.90. The highest BCUT2D eigenvalue weighted by atomic mass is 19.1. The zero-order valence-corrected chi connectivity index (χ0v) is 11.2. The molecule has 0 bridgehead atoms. The minimum absolute atomic E-state index is 0.114. The molecule has 21 heavy (non-hydrogen) atoms. The molecule has 1 unspecified atom stereocenters. The fourth-order valence-electron chi connectivity index (χ4n) is 2.39. The number of carboxylic acid groups (broad SMARTS) is 1. The molecule has 1 aliphatic rings. The lowest BCUT2D eigenvalue weighted by molar-refractivity contribution is -0.140. The lowest BCUT2D eigenvalue weighted by atomic mass is 10.1. The highest BCUT2D eigenvalue weighted by Crippen LogP contribution is 2.21. The van der Waals surface area contributed by atoms with Gasteiger partial charge in [-0.3, -0.25) is 9.59 Å². The molecule has 2 rings (SSSR count). The third-order valence-electron chi connectivity index (χ3n) is 3.35. The van der Waals surface area contributed by atoms with Crippen molar-refractivity contribution in [2.75, 3.05) is 13.2 Å². The van der Waals surface area contributed by atoms with Crippen LogP contribution in [0.1, 0.15) is 19.3 Å². The van der Waals surface area contributed by atoms with Gasteiger partial charge in [-0.05, 0) is 25.0 Å². The predicted octanol–water partition coefficient (Wildman–Crippen LogP) is 1.81. The van der Waals surface area contributed by atoms with Crippen molar-refractivity contribution < 1.29 is 28.2 Å². The summed E-state index contributed by atoms with van der Waals surface area (Å²) >= 11 is 0. The van der Waals surface area contributed by atoms with Gasteiger partial charge in [0.05, 0.1) is 6.42 Å². The standard InChI is InChI=1S/C14H15F2NO4/c15-9-3-4-12(11(16)6-9)21-8-13(18)17-5-1-2-10(17)7-14(19)20/h3-4,6,10H,1-2,5,7-8H2,(H,19,20). The van der Waals surface area contributed by atoms with Gasteiger partial charge in [-0.25, -0.2) is 8.78 Å². The lowest BCUT2D eigenvalue weighted by Gasteiger charge is -2.23. The molecule has 0 aliphatic carbocycles. The van der Waals surface area contributed by atoms with Crippen LogP contribution in [0.25, 0.3) is 0 Å². The van der Waals surface area contributed by atoms with Crippen LogP contribution in [-0.4, -0.2) is 41.1 Å². The van der Waals surface area contributed by atoms with Crippen molar-refractivity contribution in [3.63, 3.8) is 0 Å². The second kappa shape index (κ2) is 6.51. The van der Waals surface area contributed by atoms with Gasteiger partial charge in [0.15, 0.2) is 18.2 Å². The molecular weight excluding hydrogens is 284 g/mol. The average molecular weight is 299 g/mol. The Bertz CT molecular complexity index is 550. The van der Waals surface area contributed by atoms with Gasteiger partial charge in [-0.15, -0.1) is 0 Å². The molecule has 1 heterocycles. The van der Waals surface area contributed by atoms with Crippen molar-refractivity contribution in [1.82, 2.24) is 4.90 Å². The number of aliphatic carboxylic acids is 1. The summed E-state index contributed by atoms with van der Waals surface area (Å²) in [6, 6.07) is 2.46. The summed E-state index contributed by atoms with van der Waals surface area (Å²) in [5, 5.41) is 8.79. The first-order valence-electron chi connectivity index (χ1n) is 6.56. The number of halogens is 2. The van der Waals surface area contributed by atoms with Crippen molar-refractivity contribution in [2.24, 2.45) is 0 Å². The van der Waals surface area contributed by atoms with E-state index in [0.29, 0.717) is 19.0 Å². The minimum Gasteiger partial charge on any atom is -0.481 e. The van der Waals surface area contributed by atoms with E-state index in [1.54, 1.807) is 0 Å². The quantitative estimate of drug-likeness (QED) is 0.900. The fraction of sp³-hybridized carbons (Fsp3) is 0.429. The van der Waals surface area contributed by atoms with Crippen LogP contribution in [0.4, 0.5) is 8.78 Å². The Hall–Kier alpha value is -2.18. The van der Waals surface area contributed by atoms with Crippen molar-refractivity contribution in [3.8, 4) is 5.75 Å². The SMILES string of the molecule is O=C(O)CC1CCCN1C(=O)COc1ccc(F)cc1F. The lowest BCUT2D eigenvalue weighted by Crippen LogP contribution is -2.39. The molecule has 0 spiro atoms. The van der Waals surface area contributed by atoms with Crippen molar-refractivity contribution in [3.05, 3.63) is 29.8 Å². The van der Waals surface area contributed by atoms with Gasteiger partial charge in [-0.2, -0.15) is 0 Å². The van der Waals surface area contributed by atoms with E-state index in [4.69, 9.17) is 9.84 Å². The predicted molar refractivity (Wildman–Crippen MR) is 68.8 cm³/mol. The van der Waals surface area contributed by atoms with Gasteiger partial charge < -0.3 is 14.7 Å². The summed E-state index contributed by atoms with van der Waals surface area (Å²) in [5.74, 6) is -3.19. The molecule has 0 radical (unpaired) electrons. The molecule has 1 aliphatic heterocycles. The second-order valence-corrected chi connectivity index (χ2v) is 4.84. The summed E-state index contributed by atoms with van der Waals surface area (Å²) in [6.07, 6.45) is 1.24. The number of carboxylic acids is 1. The van der Waals surface area contributed by atoms with Crippen molar-refractivity contribution in [2.45, 2.75) is 25.3 Å². The van der Waals surface area contributed by atoms with Crippen molar-refractivity contribution in [1.29, 1.82) is 0 Å². The average Bonchev–Trinajstić information content (AvgIpc) is 2.84. The Morgan fingerprint density at radius 2 is 2.14 bits per heavy atom. The highest BCUT2D eigenvalue weighted by Gasteiger charge is 2.30. The fourth-order valence-corrected chi connectivity index (χ4v) is 2.39. The summed E-state index contributed by atoms with van der Waals surface area (Å²) in [4.78, 5) is 24.2. The van der Waals surface area contributed by atoms with Gasteiger partial charge in [0.25, 0.3) is 5.91 Å². The molecule has 5 nitrogen and oxygen atoms in total. The molecule has 1 aromatic carbocycles. The molecule has 0 aromatic heterocycles. The second-order valence-electron chi connectivity index (χ2n) is 4.84. The Kier molecular flexibility index (Phi) is 4.72. The van der Waals surface area contributed by atoms with Gasteiger partial charge >= 0.3 is 5.97 Å². The first-order chi connectivity index (χ1) is 9.97. The van der Waals surface area contributed by atoms with E-state index < -0.39 is 30.1 Å². The number of amides is 1. The van der Waals surface area contributed by atoms with E-state index in [0.717, 1.165) is 18.6 Å². The molecule has 1 atom stereocenters. The first kappa shape index (κ1) is 15.2. The van der Waals surface area contributed by atoms with E-state index in [9.17, 15) is 18.4 Å². The molecule has 1 fully saturated rings. The number of rotatable bonds is 5. The number of carbonyl (C=O) groups excluding carboxylic acids is 1. The maximum absolute atomic E-state index is 13.4. The van der Waals surface area contributed by atoms with Crippen LogP contribution < -0.4 is 4.74 Å². The largest absolute Gasteiger partial charge is 0.481 e. The number of likely N-dealkylation sites (tertiary alicyclic amines) is 1. The molecule has 1 saturated heterocycles. The number of hydrogen-bond donors (Lipinski definition) is 1. The monoisotopic (exact) mass is 299 g/mol. The molecule has 1 N–H and O–H groups in total. The summed E-state index contributed by atoms with van der Waals surface area (Å²) in [5.41, 5.74) is 0. The zero-order chi connectivity index (χ0) is 15.4. The number of carbonyl (C=O) groups is 2. The third-order valence-corrected chi connectivity index (χ3v) is 3.35. The highest BCUT2D eigenvalue weighted by molar-refractivity contribution is 5.79. The van der Waals surface area contributed by atoms with Gasteiger partial charge in [0.2, 0.25) is 0 Å². The van der Waals surface area contributed by atoms with E-state index in [-0.39, 0.29) is 18.2 Å². The van der Waals surface area contributed by atoms with Crippen LogP contribution in [-0.2, 0) is 9.59 Å². The van der Waals surface area contributed by atoms with Crippen LogP contribution in [0.2, 0.25) is 0 Å². The number of nitrogens with zero attached hydrogens (tertiary/aromatic N) is 1. The summed E-state index contributed by atoms with van der Waals surface area (Å²) in [7, 11) is 0. The van der Waals surface area contributed by atoms with Crippen LogP contribution >= 0.6 is 0 Å². The number of ether oxygens (including phenoxy) is 1. The summed E-state index contributed by atoms with van der Waals surface area (Å²) < 4.78 is 31.1. The number of benzene rings is 1. The van der Waals surface area contributed by atoms with Crippen LogP contribution in [0.3, 0.4) is 0 Å². The molecule has 1 aromatic rings. The number of hydrogen-bond acceptors (Lipinski definition) is 3. The smallest absolute Gasteiger partial charge is 0.305 e. The molecule has 0 saturated carbocycles.